The zero-order chi connectivity index (χ0) is 13.0. The molecule has 1 aromatic heterocycles. The van der Waals surface area contributed by atoms with Crippen LogP contribution in [0, 0.1) is 11.8 Å². The molecule has 0 aliphatic rings. The molecule has 0 bridgehead atoms. The van der Waals surface area contributed by atoms with Gasteiger partial charge in [0, 0.05) is 5.69 Å². The van der Waals surface area contributed by atoms with Gasteiger partial charge in [-0.1, -0.05) is 6.07 Å². The van der Waals surface area contributed by atoms with Crippen LogP contribution in [-0.2, 0) is 0 Å². The molecular weight excluding hydrogens is 240 g/mol. The van der Waals surface area contributed by atoms with E-state index < -0.39 is 17.8 Å². The fraction of sp³-hybridized carbons (Fsp3) is 0. The lowest BCUT2D eigenvalue weighted by Crippen LogP contribution is -2.19. The zero-order valence-electron chi connectivity index (χ0n) is 9.15. The molecule has 4 nitrogen and oxygen atoms in total. The minimum atomic E-state index is -0.633. The van der Waals surface area contributed by atoms with E-state index in [0.29, 0.717) is 11.4 Å². The van der Waals surface area contributed by atoms with Crippen LogP contribution >= 0.6 is 0 Å². The molecule has 1 heterocycles. The van der Waals surface area contributed by atoms with Crippen molar-refractivity contribution in [1.82, 2.24) is 4.98 Å². The summed E-state index contributed by atoms with van der Waals surface area (Å²) >= 11 is 0. The van der Waals surface area contributed by atoms with E-state index in [0.717, 1.165) is 6.07 Å². The van der Waals surface area contributed by atoms with Crippen molar-refractivity contribution >= 4 is 17.4 Å². The van der Waals surface area contributed by atoms with Crippen LogP contribution in [-0.4, -0.2) is 11.0 Å². The van der Waals surface area contributed by atoms with Gasteiger partial charge in [-0.25, -0.2) is 14.2 Å². The lowest BCUT2D eigenvalue weighted by atomic mass is 10.3. The van der Waals surface area contributed by atoms with E-state index in [1.165, 1.54) is 30.5 Å². The summed E-state index contributed by atoms with van der Waals surface area (Å²) in [6.45, 7) is 0. The Morgan fingerprint density at radius 3 is 2.50 bits per heavy atom. The molecule has 0 aliphatic heterocycles. The number of nitrogens with one attached hydrogen (secondary N) is 2. The molecule has 2 rings (SSSR count). The number of aromatic nitrogens is 1. The van der Waals surface area contributed by atoms with Gasteiger partial charge in [0.15, 0.2) is 0 Å². The minimum absolute atomic E-state index is 0.322. The third-order valence-corrected chi connectivity index (χ3v) is 2.07. The van der Waals surface area contributed by atoms with Gasteiger partial charge in [0.2, 0.25) is 5.95 Å². The van der Waals surface area contributed by atoms with E-state index in [1.807, 2.05) is 0 Å². The number of benzene rings is 1. The summed E-state index contributed by atoms with van der Waals surface area (Å²) in [6, 6.07) is 7.41. The smallest absolute Gasteiger partial charge is 0.308 e. The summed E-state index contributed by atoms with van der Waals surface area (Å²) in [5.41, 5.74) is 0.660. The quantitative estimate of drug-likeness (QED) is 0.804. The molecule has 92 valence electrons. The molecule has 0 spiro atoms. The molecule has 18 heavy (non-hydrogen) atoms. The van der Waals surface area contributed by atoms with Crippen molar-refractivity contribution in [3.63, 3.8) is 0 Å². The summed E-state index contributed by atoms with van der Waals surface area (Å²) < 4.78 is 25.4. The lowest BCUT2D eigenvalue weighted by molar-refractivity contribution is 0.262. The third-order valence-electron chi connectivity index (χ3n) is 2.07. The molecule has 0 saturated heterocycles. The highest BCUT2D eigenvalue weighted by Crippen LogP contribution is 2.10. The first-order chi connectivity index (χ1) is 8.63. The average Bonchev–Trinajstić information content (AvgIpc) is 2.32. The van der Waals surface area contributed by atoms with Gasteiger partial charge in [-0.2, -0.15) is 4.39 Å². The highest BCUT2D eigenvalue weighted by molar-refractivity contribution is 5.99. The second kappa shape index (κ2) is 5.22. The number of carbonyl (C=O) groups excluding carboxylic acids is 1. The molecule has 0 radical (unpaired) electrons. The summed E-state index contributed by atoms with van der Waals surface area (Å²) in [6.07, 6.45) is 1.18. The molecule has 0 fully saturated rings. The number of amides is 2. The number of hydrogen-bond acceptors (Lipinski definition) is 2. The highest BCUT2D eigenvalue weighted by Gasteiger charge is 2.03. The van der Waals surface area contributed by atoms with Gasteiger partial charge >= 0.3 is 6.03 Å². The van der Waals surface area contributed by atoms with Gasteiger partial charge in [0.25, 0.3) is 0 Å². The predicted octanol–water partition coefficient (Wildman–Crippen LogP) is 3.00. The number of hydrogen-bond donors (Lipinski definition) is 2. The third kappa shape index (κ3) is 3.24. The Kier molecular flexibility index (Phi) is 3.47. The van der Waals surface area contributed by atoms with Crippen LogP contribution in [0.5, 0.6) is 0 Å². The Bertz CT molecular complexity index is 558. The molecule has 6 heteroatoms. The van der Waals surface area contributed by atoms with Gasteiger partial charge in [-0.05, 0) is 30.3 Å². The van der Waals surface area contributed by atoms with Crippen molar-refractivity contribution in [2.75, 3.05) is 10.6 Å². The Hall–Kier alpha value is -2.50. The van der Waals surface area contributed by atoms with Crippen LogP contribution in [0.15, 0.2) is 42.6 Å². The monoisotopic (exact) mass is 249 g/mol. The molecule has 0 saturated carbocycles. The normalized spacial score (nSPS) is 9.89. The number of anilines is 2. The largest absolute Gasteiger partial charge is 0.323 e. The first kappa shape index (κ1) is 12.0. The SMILES string of the molecule is O=C(Nc1ccc(F)nc1)Nc1cccc(F)c1. The molecule has 0 unspecified atom stereocenters. The fourth-order valence-electron chi connectivity index (χ4n) is 1.31. The van der Waals surface area contributed by atoms with Crippen molar-refractivity contribution in [2.24, 2.45) is 0 Å². The molecular formula is C12H9F2N3O. The van der Waals surface area contributed by atoms with E-state index in [9.17, 15) is 13.6 Å². The van der Waals surface area contributed by atoms with Gasteiger partial charge in [-0.3, -0.25) is 0 Å². The molecule has 2 amide bonds. The summed E-state index contributed by atoms with van der Waals surface area (Å²) in [4.78, 5) is 14.9. The van der Waals surface area contributed by atoms with Gasteiger partial charge in [-0.15, -0.1) is 0 Å². The summed E-state index contributed by atoms with van der Waals surface area (Å²) in [5, 5.41) is 4.87. The van der Waals surface area contributed by atoms with Crippen LogP contribution in [0.2, 0.25) is 0 Å². The second-order valence-corrected chi connectivity index (χ2v) is 3.46. The number of nitrogens with zero attached hydrogens (tertiary/aromatic N) is 1. The van der Waals surface area contributed by atoms with Crippen molar-refractivity contribution < 1.29 is 13.6 Å². The van der Waals surface area contributed by atoms with Crippen LogP contribution in [0.4, 0.5) is 25.0 Å². The van der Waals surface area contributed by atoms with E-state index >= 15 is 0 Å². The van der Waals surface area contributed by atoms with Gasteiger partial charge in [0.1, 0.15) is 5.82 Å². The van der Waals surface area contributed by atoms with Gasteiger partial charge < -0.3 is 10.6 Å². The van der Waals surface area contributed by atoms with E-state index in [1.54, 1.807) is 6.07 Å². The van der Waals surface area contributed by atoms with Crippen LogP contribution in [0.1, 0.15) is 0 Å². The maximum absolute atomic E-state index is 12.9. The topological polar surface area (TPSA) is 54.0 Å². The minimum Gasteiger partial charge on any atom is -0.308 e. The number of halogens is 2. The van der Waals surface area contributed by atoms with E-state index in [4.69, 9.17) is 0 Å². The van der Waals surface area contributed by atoms with Crippen molar-refractivity contribution in [3.8, 4) is 0 Å². The fourth-order valence-corrected chi connectivity index (χ4v) is 1.31. The molecule has 1 aromatic carbocycles. The van der Waals surface area contributed by atoms with Crippen LogP contribution < -0.4 is 10.6 Å². The Balaban J connectivity index is 1.98. The second-order valence-electron chi connectivity index (χ2n) is 3.46. The molecule has 2 N–H and O–H groups in total. The highest BCUT2D eigenvalue weighted by atomic mass is 19.1. The first-order valence-corrected chi connectivity index (χ1v) is 5.08. The maximum Gasteiger partial charge on any atom is 0.323 e. The van der Waals surface area contributed by atoms with Gasteiger partial charge in [0.05, 0.1) is 11.9 Å². The predicted molar refractivity (Wildman–Crippen MR) is 63.2 cm³/mol. The number of pyridine rings is 1. The average molecular weight is 249 g/mol. The van der Waals surface area contributed by atoms with Crippen LogP contribution in [0.3, 0.4) is 0 Å². The van der Waals surface area contributed by atoms with Crippen LogP contribution in [0.25, 0.3) is 0 Å². The van der Waals surface area contributed by atoms with E-state index in [2.05, 4.69) is 15.6 Å². The molecule has 2 aromatic rings. The Morgan fingerprint density at radius 2 is 1.83 bits per heavy atom. The summed E-state index contributed by atoms with van der Waals surface area (Å²) in [7, 11) is 0. The Labute approximate surface area is 102 Å². The Morgan fingerprint density at radius 1 is 1.06 bits per heavy atom. The lowest BCUT2D eigenvalue weighted by Gasteiger charge is -2.07. The standard InChI is InChI=1S/C12H9F2N3O/c13-8-2-1-3-9(6-8)16-12(18)17-10-4-5-11(14)15-7-10/h1-7H,(H2,16,17,18). The number of carbonyl (C=O) groups is 1. The zero-order valence-corrected chi connectivity index (χ0v) is 9.15. The first-order valence-electron chi connectivity index (χ1n) is 5.08. The van der Waals surface area contributed by atoms with E-state index in [-0.39, 0.29) is 0 Å². The summed E-state index contributed by atoms with van der Waals surface area (Å²) in [5.74, 6) is -1.08. The number of rotatable bonds is 2. The molecule has 0 aliphatic carbocycles. The van der Waals surface area contributed by atoms with Crippen molar-refractivity contribution in [3.05, 3.63) is 54.4 Å². The van der Waals surface area contributed by atoms with Crippen molar-refractivity contribution in [2.45, 2.75) is 0 Å². The maximum atomic E-state index is 12.9. The number of urea groups is 1. The molecule has 0 atom stereocenters. The van der Waals surface area contributed by atoms with Crippen molar-refractivity contribution in [1.29, 1.82) is 0 Å².